The fraction of sp³-hybridized carbons (Fsp3) is 0.286. The van der Waals surface area contributed by atoms with Crippen LogP contribution in [0.1, 0.15) is 12.0 Å². The van der Waals surface area contributed by atoms with Gasteiger partial charge in [0.15, 0.2) is 0 Å². The van der Waals surface area contributed by atoms with Crippen LogP contribution < -0.4 is 10.6 Å². The third-order valence-corrected chi connectivity index (χ3v) is 3.02. The van der Waals surface area contributed by atoms with Gasteiger partial charge in [-0.3, -0.25) is 0 Å². The van der Waals surface area contributed by atoms with Gasteiger partial charge in [0, 0.05) is 13.6 Å². The molecule has 0 fully saturated rings. The van der Waals surface area contributed by atoms with Crippen LogP contribution in [0.15, 0.2) is 36.5 Å². The third-order valence-electron chi connectivity index (χ3n) is 2.75. The summed E-state index contributed by atoms with van der Waals surface area (Å²) in [6, 6.07) is 10.4. The monoisotopic (exact) mass is 276 g/mol. The van der Waals surface area contributed by atoms with E-state index in [9.17, 15) is 0 Å². The molecule has 0 aliphatic heterocycles. The molecule has 0 radical (unpaired) electrons. The summed E-state index contributed by atoms with van der Waals surface area (Å²) in [5.74, 6) is 1.24. The number of aryl methyl sites for hydroxylation is 1. The molecule has 1 aromatic carbocycles. The number of anilines is 2. The van der Waals surface area contributed by atoms with E-state index in [-0.39, 0.29) is 0 Å². The Bertz CT molecular complexity index is 516. The van der Waals surface area contributed by atoms with Crippen LogP contribution in [0.2, 0.25) is 5.02 Å². The van der Waals surface area contributed by atoms with Gasteiger partial charge < -0.3 is 10.6 Å². The van der Waals surface area contributed by atoms with Gasteiger partial charge >= 0.3 is 0 Å². The van der Waals surface area contributed by atoms with E-state index < -0.39 is 0 Å². The topological polar surface area (TPSA) is 49.8 Å². The van der Waals surface area contributed by atoms with Crippen molar-refractivity contribution in [3.05, 3.63) is 47.1 Å². The van der Waals surface area contributed by atoms with E-state index in [1.807, 2.05) is 6.07 Å². The lowest BCUT2D eigenvalue weighted by Crippen LogP contribution is -2.07. The Hall–Kier alpha value is -1.81. The van der Waals surface area contributed by atoms with E-state index in [4.69, 9.17) is 11.6 Å². The van der Waals surface area contributed by atoms with E-state index in [2.05, 4.69) is 44.9 Å². The molecule has 100 valence electrons. The summed E-state index contributed by atoms with van der Waals surface area (Å²) < 4.78 is 0. The minimum Gasteiger partial charge on any atom is -0.369 e. The first-order valence-corrected chi connectivity index (χ1v) is 6.65. The lowest BCUT2D eigenvalue weighted by Gasteiger charge is -2.08. The Morgan fingerprint density at radius 1 is 1.21 bits per heavy atom. The number of halogens is 1. The average Bonchev–Trinajstić information content (AvgIpc) is 2.46. The molecule has 0 spiro atoms. The molecule has 0 saturated carbocycles. The number of nitrogens with zero attached hydrogens (tertiary/aromatic N) is 2. The van der Waals surface area contributed by atoms with Crippen molar-refractivity contribution in [3.63, 3.8) is 0 Å². The maximum atomic E-state index is 6.03. The lowest BCUT2D eigenvalue weighted by atomic mass is 10.1. The van der Waals surface area contributed by atoms with Crippen LogP contribution in [-0.2, 0) is 6.42 Å². The Balaban J connectivity index is 1.82. The van der Waals surface area contributed by atoms with Crippen molar-refractivity contribution in [3.8, 4) is 0 Å². The first-order chi connectivity index (χ1) is 9.29. The molecule has 2 rings (SSSR count). The number of hydrogen-bond donors (Lipinski definition) is 2. The predicted molar refractivity (Wildman–Crippen MR) is 79.8 cm³/mol. The van der Waals surface area contributed by atoms with E-state index in [0.29, 0.717) is 16.8 Å². The van der Waals surface area contributed by atoms with E-state index in [0.717, 1.165) is 19.4 Å². The number of benzene rings is 1. The summed E-state index contributed by atoms with van der Waals surface area (Å²) in [6.07, 6.45) is 3.66. The highest BCUT2D eigenvalue weighted by atomic mass is 35.5. The van der Waals surface area contributed by atoms with Gasteiger partial charge in [0.1, 0.15) is 10.8 Å². The van der Waals surface area contributed by atoms with Crippen molar-refractivity contribution < 1.29 is 0 Å². The quantitative estimate of drug-likeness (QED) is 0.796. The largest absolute Gasteiger partial charge is 0.369 e. The zero-order valence-corrected chi connectivity index (χ0v) is 11.6. The maximum absolute atomic E-state index is 6.03. The smallest absolute Gasteiger partial charge is 0.224 e. The van der Waals surface area contributed by atoms with Crippen molar-refractivity contribution >= 4 is 23.4 Å². The Kier molecular flexibility index (Phi) is 4.98. The molecule has 2 N–H and O–H groups in total. The predicted octanol–water partition coefficient (Wildman–Crippen LogP) is 3.22. The van der Waals surface area contributed by atoms with Gasteiger partial charge in [0.2, 0.25) is 5.95 Å². The van der Waals surface area contributed by atoms with Gasteiger partial charge in [-0.05, 0) is 18.4 Å². The molecule has 0 bridgehead atoms. The van der Waals surface area contributed by atoms with Crippen LogP contribution >= 0.6 is 11.6 Å². The zero-order chi connectivity index (χ0) is 13.5. The SMILES string of the molecule is CNc1ncc(Cl)c(NCCCc2ccccc2)n1. The average molecular weight is 277 g/mol. The standard InChI is InChI=1S/C14H17ClN4/c1-16-14-18-10-12(15)13(19-14)17-9-5-8-11-6-3-2-4-7-11/h2-4,6-7,10H,5,8-9H2,1H3,(H2,16,17,18,19). The minimum absolute atomic E-state index is 0.540. The van der Waals surface area contributed by atoms with Crippen molar-refractivity contribution in [1.29, 1.82) is 0 Å². The Morgan fingerprint density at radius 3 is 2.74 bits per heavy atom. The highest BCUT2D eigenvalue weighted by Gasteiger charge is 2.03. The molecule has 1 aromatic heterocycles. The second-order valence-electron chi connectivity index (χ2n) is 4.16. The van der Waals surface area contributed by atoms with Gasteiger partial charge in [0.25, 0.3) is 0 Å². The van der Waals surface area contributed by atoms with Crippen molar-refractivity contribution in [2.75, 3.05) is 24.2 Å². The van der Waals surface area contributed by atoms with E-state index in [1.54, 1.807) is 13.2 Å². The normalized spacial score (nSPS) is 10.2. The highest BCUT2D eigenvalue weighted by molar-refractivity contribution is 6.32. The third kappa shape index (κ3) is 4.10. The summed E-state index contributed by atoms with van der Waals surface area (Å²) in [5, 5.41) is 6.67. The zero-order valence-electron chi connectivity index (χ0n) is 10.9. The van der Waals surface area contributed by atoms with Crippen molar-refractivity contribution in [2.24, 2.45) is 0 Å². The van der Waals surface area contributed by atoms with Crippen LogP contribution in [0.25, 0.3) is 0 Å². The molecule has 0 aliphatic rings. The summed E-state index contributed by atoms with van der Waals surface area (Å²) in [5.41, 5.74) is 1.34. The van der Waals surface area contributed by atoms with Gasteiger partial charge in [-0.15, -0.1) is 0 Å². The van der Waals surface area contributed by atoms with E-state index >= 15 is 0 Å². The second-order valence-corrected chi connectivity index (χ2v) is 4.56. The first kappa shape index (κ1) is 13.6. The van der Waals surface area contributed by atoms with Gasteiger partial charge in [0.05, 0.1) is 6.20 Å². The summed E-state index contributed by atoms with van der Waals surface area (Å²) in [6.45, 7) is 0.828. The molecule has 1 heterocycles. The fourth-order valence-electron chi connectivity index (χ4n) is 1.76. The van der Waals surface area contributed by atoms with Crippen LogP contribution in [0.5, 0.6) is 0 Å². The fourth-order valence-corrected chi connectivity index (χ4v) is 1.91. The first-order valence-electron chi connectivity index (χ1n) is 6.27. The van der Waals surface area contributed by atoms with Gasteiger partial charge in [-0.25, -0.2) is 4.98 Å². The van der Waals surface area contributed by atoms with Crippen LogP contribution in [0.4, 0.5) is 11.8 Å². The van der Waals surface area contributed by atoms with Crippen LogP contribution in [0.3, 0.4) is 0 Å². The Labute approximate surface area is 118 Å². The number of rotatable bonds is 6. The molecule has 4 nitrogen and oxygen atoms in total. The molecule has 0 amide bonds. The minimum atomic E-state index is 0.540. The van der Waals surface area contributed by atoms with Crippen LogP contribution in [-0.4, -0.2) is 23.6 Å². The molecule has 0 saturated heterocycles. The Morgan fingerprint density at radius 2 is 2.00 bits per heavy atom. The summed E-state index contributed by atoms with van der Waals surface area (Å²) >= 11 is 6.03. The molecule has 19 heavy (non-hydrogen) atoms. The lowest BCUT2D eigenvalue weighted by molar-refractivity contribution is 0.858. The van der Waals surface area contributed by atoms with Gasteiger partial charge in [-0.2, -0.15) is 4.98 Å². The molecular formula is C14H17ClN4. The van der Waals surface area contributed by atoms with Crippen LogP contribution in [0, 0.1) is 0 Å². The molecule has 2 aromatic rings. The maximum Gasteiger partial charge on any atom is 0.224 e. The molecule has 0 aliphatic carbocycles. The number of nitrogens with one attached hydrogen (secondary N) is 2. The van der Waals surface area contributed by atoms with E-state index in [1.165, 1.54) is 5.56 Å². The highest BCUT2D eigenvalue weighted by Crippen LogP contribution is 2.19. The van der Waals surface area contributed by atoms with Crippen molar-refractivity contribution in [2.45, 2.75) is 12.8 Å². The second kappa shape index (κ2) is 6.95. The molecule has 0 atom stereocenters. The molecular weight excluding hydrogens is 260 g/mol. The summed E-state index contributed by atoms with van der Waals surface area (Å²) in [7, 11) is 1.78. The molecule has 0 unspecified atom stereocenters. The molecule has 5 heteroatoms. The van der Waals surface area contributed by atoms with Crippen molar-refractivity contribution in [1.82, 2.24) is 9.97 Å². The number of hydrogen-bond acceptors (Lipinski definition) is 4. The summed E-state index contributed by atoms with van der Waals surface area (Å²) in [4.78, 5) is 8.31. The van der Waals surface area contributed by atoms with Gasteiger partial charge in [-0.1, -0.05) is 41.9 Å². The number of aromatic nitrogens is 2.